The fraction of sp³-hybridized carbons (Fsp3) is 0.643. The largest absolute Gasteiger partial charge is 0.479 e. The lowest BCUT2D eigenvalue weighted by Gasteiger charge is -2.34. The fourth-order valence-electron chi connectivity index (χ4n) is 2.72. The molecule has 1 saturated heterocycles. The van der Waals surface area contributed by atoms with Crippen LogP contribution in [0.1, 0.15) is 40.0 Å². The second-order valence-electron chi connectivity index (χ2n) is 5.33. The van der Waals surface area contributed by atoms with E-state index in [9.17, 15) is 9.90 Å². The van der Waals surface area contributed by atoms with Crippen molar-refractivity contribution in [2.75, 3.05) is 11.4 Å². The van der Waals surface area contributed by atoms with Crippen LogP contribution in [0, 0.1) is 0 Å². The molecule has 0 aliphatic carbocycles. The first kappa shape index (κ1) is 14.6. The molecule has 6 nitrogen and oxygen atoms in total. The summed E-state index contributed by atoms with van der Waals surface area (Å²) in [4.78, 5) is 22.0. The predicted octanol–water partition coefficient (Wildman–Crippen LogP) is 2.10. The number of nitrogens with zero attached hydrogens (tertiary/aromatic N) is 3. The second-order valence-corrected chi connectivity index (χ2v) is 5.33. The van der Waals surface area contributed by atoms with Crippen LogP contribution in [0.15, 0.2) is 12.4 Å². The van der Waals surface area contributed by atoms with E-state index in [1.165, 1.54) is 0 Å². The summed E-state index contributed by atoms with van der Waals surface area (Å²) in [5.41, 5.74) is -0.870. The number of anilines is 1. The Hall–Kier alpha value is -1.85. The first-order valence-electron chi connectivity index (χ1n) is 6.99. The van der Waals surface area contributed by atoms with Crippen molar-refractivity contribution in [3.63, 3.8) is 0 Å². The van der Waals surface area contributed by atoms with Gasteiger partial charge in [0, 0.05) is 6.54 Å². The van der Waals surface area contributed by atoms with Crippen LogP contribution < -0.4 is 9.64 Å². The predicted molar refractivity (Wildman–Crippen MR) is 75.0 cm³/mol. The Morgan fingerprint density at radius 1 is 1.55 bits per heavy atom. The zero-order valence-electron chi connectivity index (χ0n) is 12.2. The highest BCUT2D eigenvalue weighted by Gasteiger charge is 2.47. The molecule has 1 fully saturated rings. The molecule has 2 heterocycles. The number of rotatable bonds is 5. The minimum atomic E-state index is -0.870. The van der Waals surface area contributed by atoms with Gasteiger partial charge in [0.05, 0.1) is 18.5 Å². The molecule has 1 aromatic rings. The van der Waals surface area contributed by atoms with Gasteiger partial charge in [0.1, 0.15) is 5.54 Å². The molecule has 1 aromatic heterocycles. The van der Waals surface area contributed by atoms with Crippen molar-refractivity contribution in [3.8, 4) is 5.88 Å². The van der Waals surface area contributed by atoms with Gasteiger partial charge >= 0.3 is 5.97 Å². The van der Waals surface area contributed by atoms with E-state index in [1.807, 2.05) is 25.7 Å². The van der Waals surface area contributed by atoms with E-state index in [4.69, 9.17) is 4.74 Å². The highest BCUT2D eigenvalue weighted by Crippen LogP contribution is 2.36. The van der Waals surface area contributed by atoms with Crippen molar-refractivity contribution in [1.29, 1.82) is 0 Å². The van der Waals surface area contributed by atoms with E-state index in [0.29, 0.717) is 31.1 Å². The average molecular weight is 279 g/mol. The van der Waals surface area contributed by atoms with Gasteiger partial charge in [-0.05, 0) is 33.1 Å². The van der Waals surface area contributed by atoms with Crippen molar-refractivity contribution in [1.82, 2.24) is 9.97 Å². The molecule has 0 radical (unpaired) electrons. The van der Waals surface area contributed by atoms with Crippen molar-refractivity contribution >= 4 is 11.8 Å². The van der Waals surface area contributed by atoms with Gasteiger partial charge in [-0.1, -0.05) is 6.92 Å². The molecular formula is C14H21N3O3. The van der Waals surface area contributed by atoms with Gasteiger partial charge in [-0.25, -0.2) is 4.79 Å². The topological polar surface area (TPSA) is 75.5 Å². The first-order valence-corrected chi connectivity index (χ1v) is 6.99. The van der Waals surface area contributed by atoms with E-state index < -0.39 is 11.5 Å². The molecule has 1 atom stereocenters. The lowest BCUT2D eigenvalue weighted by Crippen LogP contribution is -2.50. The molecule has 1 N–H and O–H groups in total. The van der Waals surface area contributed by atoms with Gasteiger partial charge in [-0.2, -0.15) is 4.98 Å². The van der Waals surface area contributed by atoms with Gasteiger partial charge in [0.15, 0.2) is 5.82 Å². The zero-order valence-corrected chi connectivity index (χ0v) is 12.2. The molecular weight excluding hydrogens is 258 g/mol. The zero-order chi connectivity index (χ0) is 14.8. The van der Waals surface area contributed by atoms with E-state index >= 15 is 0 Å². The number of ether oxygens (including phenoxy) is 1. The average Bonchev–Trinajstić information content (AvgIpc) is 2.83. The number of aromatic nitrogens is 2. The molecule has 110 valence electrons. The van der Waals surface area contributed by atoms with Crippen LogP contribution in [0.4, 0.5) is 5.82 Å². The summed E-state index contributed by atoms with van der Waals surface area (Å²) in [5, 5.41) is 9.59. The van der Waals surface area contributed by atoms with Gasteiger partial charge in [-0.15, -0.1) is 0 Å². The lowest BCUT2D eigenvalue weighted by molar-refractivity contribution is -0.143. The Morgan fingerprint density at radius 2 is 2.30 bits per heavy atom. The molecule has 0 spiro atoms. The van der Waals surface area contributed by atoms with Gasteiger partial charge < -0.3 is 14.7 Å². The molecule has 20 heavy (non-hydrogen) atoms. The van der Waals surface area contributed by atoms with Crippen molar-refractivity contribution < 1.29 is 14.6 Å². The third-order valence-corrected chi connectivity index (χ3v) is 3.70. The Morgan fingerprint density at radius 3 is 2.90 bits per heavy atom. The minimum Gasteiger partial charge on any atom is -0.479 e. The molecule has 1 aliphatic rings. The molecule has 0 bridgehead atoms. The van der Waals surface area contributed by atoms with Gasteiger partial charge in [0.25, 0.3) is 0 Å². The van der Waals surface area contributed by atoms with E-state index in [1.54, 1.807) is 12.4 Å². The molecule has 1 unspecified atom stereocenters. The SMILES string of the molecule is CCC1(C(=O)O)CCCN1c1cncc(OC(C)C)n1. The molecule has 0 amide bonds. The van der Waals surface area contributed by atoms with Crippen LogP contribution in [0.5, 0.6) is 5.88 Å². The summed E-state index contributed by atoms with van der Waals surface area (Å²) in [6.07, 6.45) is 5.18. The quantitative estimate of drug-likeness (QED) is 0.889. The van der Waals surface area contributed by atoms with Crippen molar-refractivity contribution in [3.05, 3.63) is 12.4 Å². The smallest absolute Gasteiger partial charge is 0.329 e. The fourth-order valence-corrected chi connectivity index (χ4v) is 2.72. The number of aliphatic carboxylic acids is 1. The number of carboxylic acid groups (broad SMARTS) is 1. The third-order valence-electron chi connectivity index (χ3n) is 3.70. The van der Waals surface area contributed by atoms with Crippen LogP contribution in [0.3, 0.4) is 0 Å². The molecule has 0 aromatic carbocycles. The van der Waals surface area contributed by atoms with Crippen LogP contribution in [-0.2, 0) is 4.79 Å². The molecule has 6 heteroatoms. The second kappa shape index (κ2) is 5.64. The minimum absolute atomic E-state index is 0.00790. The Balaban J connectivity index is 2.32. The summed E-state index contributed by atoms with van der Waals surface area (Å²) in [5.74, 6) is 0.208. The van der Waals surface area contributed by atoms with Gasteiger partial charge in [0.2, 0.25) is 5.88 Å². The van der Waals surface area contributed by atoms with Crippen LogP contribution in [0.25, 0.3) is 0 Å². The van der Waals surface area contributed by atoms with E-state index in [-0.39, 0.29) is 6.10 Å². The number of hydrogen-bond acceptors (Lipinski definition) is 5. The van der Waals surface area contributed by atoms with Crippen LogP contribution >= 0.6 is 0 Å². The summed E-state index contributed by atoms with van der Waals surface area (Å²) in [6.45, 7) is 6.41. The molecule has 1 aliphatic heterocycles. The Kier molecular flexibility index (Phi) is 4.11. The lowest BCUT2D eigenvalue weighted by atomic mass is 9.93. The van der Waals surface area contributed by atoms with Crippen LogP contribution in [-0.4, -0.2) is 39.2 Å². The van der Waals surface area contributed by atoms with Gasteiger partial charge in [-0.3, -0.25) is 4.98 Å². The number of carbonyl (C=O) groups is 1. The number of hydrogen-bond donors (Lipinski definition) is 1. The van der Waals surface area contributed by atoms with E-state index in [2.05, 4.69) is 9.97 Å². The maximum atomic E-state index is 11.7. The van der Waals surface area contributed by atoms with Crippen LogP contribution in [0.2, 0.25) is 0 Å². The van der Waals surface area contributed by atoms with Crippen molar-refractivity contribution in [2.45, 2.75) is 51.7 Å². The molecule has 2 rings (SSSR count). The molecule has 0 saturated carbocycles. The summed E-state index contributed by atoms with van der Waals surface area (Å²) in [7, 11) is 0. The maximum Gasteiger partial charge on any atom is 0.329 e. The maximum absolute atomic E-state index is 11.7. The van der Waals surface area contributed by atoms with Crippen molar-refractivity contribution in [2.24, 2.45) is 0 Å². The highest BCUT2D eigenvalue weighted by atomic mass is 16.5. The standard InChI is InChI=1S/C14H21N3O3/c1-4-14(13(18)19)6-5-7-17(14)11-8-15-9-12(16-11)20-10(2)3/h8-10H,4-7H2,1-3H3,(H,18,19). The Labute approximate surface area is 118 Å². The normalized spacial score (nSPS) is 22.3. The summed E-state index contributed by atoms with van der Waals surface area (Å²) < 4.78 is 5.53. The monoisotopic (exact) mass is 279 g/mol. The summed E-state index contributed by atoms with van der Waals surface area (Å²) >= 11 is 0. The number of carboxylic acids is 1. The third kappa shape index (κ3) is 2.55. The van der Waals surface area contributed by atoms with E-state index in [0.717, 1.165) is 6.42 Å². The first-order chi connectivity index (χ1) is 9.49. The summed E-state index contributed by atoms with van der Waals surface area (Å²) in [6, 6.07) is 0. The Bertz CT molecular complexity index is 492. The highest BCUT2D eigenvalue weighted by molar-refractivity contribution is 5.84.